The van der Waals surface area contributed by atoms with Gasteiger partial charge in [0.05, 0.1) is 10.8 Å². The predicted octanol–water partition coefficient (Wildman–Crippen LogP) is 5.32. The van der Waals surface area contributed by atoms with Gasteiger partial charge in [-0.1, -0.05) is 12.1 Å². The Labute approximate surface area is 199 Å². The summed E-state index contributed by atoms with van der Waals surface area (Å²) < 4.78 is 133. The lowest BCUT2D eigenvalue weighted by atomic mass is 9.79. The van der Waals surface area contributed by atoms with Crippen LogP contribution < -0.4 is 5.32 Å². The summed E-state index contributed by atoms with van der Waals surface area (Å²) in [6, 6.07) is 4.67. The molecule has 1 heterocycles. The number of nitrogens with one attached hydrogen (secondary N) is 1. The molecule has 5 nitrogen and oxygen atoms in total. The zero-order valence-corrected chi connectivity index (χ0v) is 18.7. The van der Waals surface area contributed by atoms with Crippen molar-refractivity contribution < 1.29 is 53.4 Å². The summed E-state index contributed by atoms with van der Waals surface area (Å²) >= 11 is 0. The first kappa shape index (κ1) is 26.2. The number of benzene rings is 2. The Bertz CT molecular complexity index is 1290. The number of carboxylic acids is 1. The van der Waals surface area contributed by atoms with Crippen molar-refractivity contribution in [2.24, 2.45) is 11.8 Å². The number of hydrogen-bond donors (Lipinski definition) is 2. The number of carbonyl (C=O) groups is 1. The average Bonchev–Trinajstić information content (AvgIpc) is 3.19. The highest BCUT2D eigenvalue weighted by Crippen LogP contribution is 2.60. The van der Waals surface area contributed by atoms with Crippen LogP contribution in [-0.4, -0.2) is 38.4 Å². The Hall–Kier alpha value is -2.90. The molecular formula is C22H17F8NO4S. The van der Waals surface area contributed by atoms with Gasteiger partial charge in [0.2, 0.25) is 0 Å². The van der Waals surface area contributed by atoms with Crippen molar-refractivity contribution >= 4 is 21.5 Å². The fraction of sp³-hybridized carbons (Fsp3) is 0.409. The summed E-state index contributed by atoms with van der Waals surface area (Å²) in [6.07, 6.45) is -13.3. The summed E-state index contributed by atoms with van der Waals surface area (Å²) in [5, 5.41) is 12.1. The van der Waals surface area contributed by atoms with Gasteiger partial charge in [-0.3, -0.25) is 4.79 Å². The van der Waals surface area contributed by atoms with Crippen molar-refractivity contribution in [3.05, 3.63) is 59.4 Å². The van der Waals surface area contributed by atoms with Crippen molar-refractivity contribution in [1.82, 2.24) is 0 Å². The molecule has 2 aromatic rings. The molecule has 4 rings (SSSR count). The zero-order chi connectivity index (χ0) is 26.9. The molecule has 1 fully saturated rings. The topological polar surface area (TPSA) is 83.5 Å². The molecule has 0 bridgehead atoms. The molecule has 1 aliphatic carbocycles. The van der Waals surface area contributed by atoms with E-state index in [2.05, 4.69) is 5.32 Å². The maximum Gasteiger partial charge on any atom is 0.435 e. The third kappa shape index (κ3) is 3.47. The summed E-state index contributed by atoms with van der Waals surface area (Å²) in [7, 11) is -4.57. The SMILES string of the molecule is O=C(O)[C@@H]1CC[C@@]2(S(=O)(=O)c3ccc(F)cc3)c3ccc(C(F)(C(F)(F)F)C(F)(F)F)cc3NC[C@@H]12. The second kappa shape index (κ2) is 8.05. The third-order valence-electron chi connectivity index (χ3n) is 7.00. The van der Waals surface area contributed by atoms with E-state index >= 15 is 0 Å². The van der Waals surface area contributed by atoms with E-state index in [4.69, 9.17) is 0 Å². The standard InChI is InChI=1S/C22H17F8NO4S/c23-12-2-4-13(5-3-12)36(34,35)19-8-7-14(18(32)33)16(19)10-31-17-9-11(1-6-15(17)19)20(24,21(25,26)27)22(28,29)30/h1-6,9,14,16,31H,7-8,10H2,(H,32,33)/t14-,16+,19-/m1/s1. The van der Waals surface area contributed by atoms with Crippen molar-refractivity contribution in [2.75, 3.05) is 11.9 Å². The molecule has 0 radical (unpaired) electrons. The van der Waals surface area contributed by atoms with Gasteiger partial charge in [-0.15, -0.1) is 0 Å². The van der Waals surface area contributed by atoms with E-state index in [0.717, 1.165) is 24.3 Å². The lowest BCUT2D eigenvalue weighted by molar-refractivity contribution is -0.348. The Balaban J connectivity index is 1.97. The molecule has 196 valence electrons. The van der Waals surface area contributed by atoms with Gasteiger partial charge in [0.25, 0.3) is 0 Å². The fourth-order valence-electron chi connectivity index (χ4n) is 5.30. The van der Waals surface area contributed by atoms with Crippen LogP contribution in [0.4, 0.5) is 40.8 Å². The van der Waals surface area contributed by atoms with Crippen LogP contribution in [0.5, 0.6) is 0 Å². The van der Waals surface area contributed by atoms with E-state index in [1.165, 1.54) is 0 Å². The summed E-state index contributed by atoms with van der Waals surface area (Å²) in [4.78, 5) is 11.4. The normalized spacial score (nSPS) is 24.6. The van der Waals surface area contributed by atoms with Gasteiger partial charge in [-0.2, -0.15) is 26.3 Å². The number of halogens is 8. The average molecular weight is 543 g/mol. The number of aliphatic carboxylic acids is 1. The minimum absolute atomic E-state index is 0.165. The molecule has 36 heavy (non-hydrogen) atoms. The summed E-state index contributed by atoms with van der Waals surface area (Å²) in [5.41, 5.74) is -8.34. The zero-order valence-electron chi connectivity index (χ0n) is 17.9. The minimum atomic E-state index is -6.38. The number of anilines is 1. The van der Waals surface area contributed by atoms with Gasteiger partial charge in [0.15, 0.2) is 9.84 Å². The predicted molar refractivity (Wildman–Crippen MR) is 109 cm³/mol. The van der Waals surface area contributed by atoms with Crippen LogP contribution in [0, 0.1) is 17.7 Å². The molecule has 1 aliphatic heterocycles. The van der Waals surface area contributed by atoms with Gasteiger partial charge >= 0.3 is 24.0 Å². The number of carboxylic acid groups (broad SMARTS) is 1. The van der Waals surface area contributed by atoms with Crippen LogP contribution in [0.15, 0.2) is 47.4 Å². The second-order valence-corrected chi connectivity index (χ2v) is 10.9. The highest BCUT2D eigenvalue weighted by atomic mass is 32.2. The molecule has 14 heteroatoms. The lowest BCUT2D eigenvalue weighted by Gasteiger charge is -2.42. The molecule has 3 atom stereocenters. The first-order valence-corrected chi connectivity index (χ1v) is 11.9. The Morgan fingerprint density at radius 2 is 1.56 bits per heavy atom. The highest BCUT2D eigenvalue weighted by Gasteiger charge is 2.74. The van der Waals surface area contributed by atoms with E-state index in [-0.39, 0.29) is 30.5 Å². The van der Waals surface area contributed by atoms with Gasteiger partial charge in [0.1, 0.15) is 10.6 Å². The first-order valence-electron chi connectivity index (χ1n) is 10.4. The molecule has 0 amide bonds. The quantitative estimate of drug-likeness (QED) is 0.403. The number of hydrogen-bond acceptors (Lipinski definition) is 4. The maximum absolute atomic E-state index is 14.7. The van der Waals surface area contributed by atoms with Crippen LogP contribution in [0.3, 0.4) is 0 Å². The van der Waals surface area contributed by atoms with Gasteiger partial charge < -0.3 is 10.4 Å². The minimum Gasteiger partial charge on any atom is -0.481 e. The Morgan fingerprint density at radius 3 is 2.08 bits per heavy atom. The molecule has 0 aromatic heterocycles. The molecule has 2 aromatic carbocycles. The first-order chi connectivity index (χ1) is 16.5. The van der Waals surface area contributed by atoms with E-state index < -0.39 is 78.9 Å². The third-order valence-corrected chi connectivity index (χ3v) is 9.58. The smallest absolute Gasteiger partial charge is 0.435 e. The molecule has 2 aliphatic rings. The van der Waals surface area contributed by atoms with E-state index in [0.29, 0.717) is 6.07 Å². The highest BCUT2D eigenvalue weighted by molar-refractivity contribution is 7.92. The van der Waals surface area contributed by atoms with Crippen molar-refractivity contribution in [3.63, 3.8) is 0 Å². The van der Waals surface area contributed by atoms with Gasteiger partial charge in [-0.25, -0.2) is 17.2 Å². The van der Waals surface area contributed by atoms with E-state index in [9.17, 15) is 53.4 Å². The number of rotatable bonds is 4. The van der Waals surface area contributed by atoms with Crippen molar-refractivity contribution in [1.29, 1.82) is 0 Å². The Morgan fingerprint density at radius 1 is 0.972 bits per heavy atom. The van der Waals surface area contributed by atoms with Gasteiger partial charge in [-0.05, 0) is 48.7 Å². The largest absolute Gasteiger partial charge is 0.481 e. The monoisotopic (exact) mass is 543 g/mol. The molecule has 2 N–H and O–H groups in total. The summed E-state index contributed by atoms with van der Waals surface area (Å²) in [6.45, 7) is -0.439. The van der Waals surface area contributed by atoms with Crippen LogP contribution in [0.1, 0.15) is 24.0 Å². The summed E-state index contributed by atoms with van der Waals surface area (Å²) in [5.74, 6) is -4.50. The van der Waals surface area contributed by atoms with Crippen LogP contribution in [0.2, 0.25) is 0 Å². The second-order valence-electron chi connectivity index (χ2n) is 8.73. The molecule has 0 spiro atoms. The van der Waals surface area contributed by atoms with Crippen LogP contribution in [0.25, 0.3) is 0 Å². The molecule has 0 unspecified atom stereocenters. The Kier molecular flexibility index (Phi) is 5.85. The van der Waals surface area contributed by atoms with E-state index in [1.807, 2.05) is 0 Å². The number of sulfone groups is 1. The molecule has 1 saturated carbocycles. The molecular weight excluding hydrogens is 526 g/mol. The maximum atomic E-state index is 14.7. The van der Waals surface area contributed by atoms with Crippen molar-refractivity contribution in [3.8, 4) is 0 Å². The van der Waals surface area contributed by atoms with E-state index in [1.54, 1.807) is 0 Å². The number of fused-ring (bicyclic) bond motifs is 3. The van der Waals surface area contributed by atoms with Crippen molar-refractivity contribution in [2.45, 2.75) is 40.5 Å². The molecule has 0 saturated heterocycles. The van der Waals surface area contributed by atoms with Crippen LogP contribution in [-0.2, 0) is 25.0 Å². The fourth-order valence-corrected chi connectivity index (χ4v) is 7.72. The number of alkyl halides is 7. The van der Waals surface area contributed by atoms with Gasteiger partial charge in [0, 0.05) is 23.7 Å². The van der Waals surface area contributed by atoms with Crippen LogP contribution >= 0.6 is 0 Å². The lowest BCUT2D eigenvalue weighted by Crippen LogP contribution is -2.51.